The molecule has 2 N–H and O–H groups in total. The average molecular weight is 176 g/mol. The second-order valence-corrected chi connectivity index (χ2v) is 3.68. The number of hydrogen-bond donors (Lipinski definition) is 1. The second-order valence-electron chi connectivity index (χ2n) is 2.80. The van der Waals surface area contributed by atoms with Crippen LogP contribution in [0.4, 0.5) is 0 Å². The van der Waals surface area contributed by atoms with Gasteiger partial charge in [-0.05, 0) is 6.54 Å². The van der Waals surface area contributed by atoms with Gasteiger partial charge in [0, 0.05) is 20.2 Å². The van der Waals surface area contributed by atoms with E-state index < -0.39 is 0 Å². The summed E-state index contributed by atoms with van der Waals surface area (Å²) in [5.74, 6) is 0. The lowest BCUT2D eigenvalue weighted by molar-refractivity contribution is 0.112. The maximum absolute atomic E-state index is 5.53. The van der Waals surface area contributed by atoms with E-state index in [9.17, 15) is 0 Å². The van der Waals surface area contributed by atoms with Crippen LogP contribution in [0, 0.1) is 0 Å². The number of rotatable bonds is 3. The van der Waals surface area contributed by atoms with Crippen LogP contribution in [0.5, 0.6) is 0 Å². The minimum atomic E-state index is 0.324. The Morgan fingerprint density at radius 1 is 1.64 bits per heavy atom. The summed E-state index contributed by atoms with van der Waals surface area (Å²) in [6.45, 7) is 5.35. The van der Waals surface area contributed by atoms with E-state index in [-0.39, 0.29) is 0 Å². The quantitative estimate of drug-likeness (QED) is 0.628. The molecule has 0 aromatic heterocycles. The lowest BCUT2D eigenvalue weighted by Crippen LogP contribution is -2.24. The molecular weight excluding hydrogens is 160 g/mol. The molecule has 1 fully saturated rings. The van der Waals surface area contributed by atoms with Gasteiger partial charge in [0.15, 0.2) is 0 Å². The Bertz CT molecular complexity index is 111. The van der Waals surface area contributed by atoms with E-state index in [1.807, 2.05) is 0 Å². The highest BCUT2D eigenvalue weighted by Gasteiger charge is 2.31. The highest BCUT2D eigenvalue weighted by Crippen LogP contribution is 2.20. The van der Waals surface area contributed by atoms with Gasteiger partial charge in [0.1, 0.15) is 0 Å². The molecule has 1 aliphatic heterocycles. The zero-order valence-corrected chi connectivity index (χ0v) is 7.93. The molecule has 0 aromatic carbocycles. The van der Waals surface area contributed by atoms with Crippen LogP contribution in [-0.4, -0.2) is 43.0 Å². The number of likely N-dealkylation sites (tertiary alicyclic amines) is 1. The van der Waals surface area contributed by atoms with Crippen LogP contribution < -0.4 is 5.14 Å². The minimum absolute atomic E-state index is 0.324. The fourth-order valence-corrected chi connectivity index (χ4v) is 2.10. The van der Waals surface area contributed by atoms with Crippen molar-refractivity contribution in [1.82, 2.24) is 4.90 Å². The molecule has 0 amide bonds. The molecule has 1 aliphatic rings. The molecule has 0 aromatic rings. The van der Waals surface area contributed by atoms with E-state index in [2.05, 4.69) is 11.8 Å². The predicted octanol–water partition coefficient (Wildman–Crippen LogP) is 0.312. The fraction of sp³-hybridized carbons (Fsp3) is 1.00. The number of nitrogens with zero attached hydrogens (tertiary/aromatic N) is 1. The van der Waals surface area contributed by atoms with E-state index in [4.69, 9.17) is 9.88 Å². The number of hydrogen-bond acceptors (Lipinski definition) is 4. The molecule has 4 heteroatoms. The standard InChI is InChI=1S/C7H16N2OS/c1-3-9-4-6(10-2)7(5-9)11-8/h6-7H,3-5,8H2,1-2H3. The first kappa shape index (κ1) is 9.32. The van der Waals surface area contributed by atoms with Crippen molar-refractivity contribution in [2.45, 2.75) is 18.3 Å². The van der Waals surface area contributed by atoms with E-state index in [0.717, 1.165) is 19.6 Å². The molecule has 2 atom stereocenters. The molecular formula is C7H16N2OS. The maximum atomic E-state index is 5.53. The van der Waals surface area contributed by atoms with Crippen molar-refractivity contribution < 1.29 is 4.74 Å². The van der Waals surface area contributed by atoms with Crippen LogP contribution in [0.15, 0.2) is 0 Å². The molecule has 1 heterocycles. The van der Waals surface area contributed by atoms with Gasteiger partial charge < -0.3 is 4.74 Å². The van der Waals surface area contributed by atoms with E-state index in [1.54, 1.807) is 7.11 Å². The third kappa shape index (κ3) is 2.08. The molecule has 0 bridgehead atoms. The molecule has 1 saturated heterocycles. The summed E-state index contributed by atoms with van der Waals surface area (Å²) in [5, 5.41) is 5.98. The zero-order valence-electron chi connectivity index (χ0n) is 7.12. The van der Waals surface area contributed by atoms with Crippen LogP contribution >= 0.6 is 11.9 Å². The minimum Gasteiger partial charge on any atom is -0.379 e. The van der Waals surface area contributed by atoms with Crippen LogP contribution in [-0.2, 0) is 4.74 Å². The molecule has 0 radical (unpaired) electrons. The van der Waals surface area contributed by atoms with E-state index in [0.29, 0.717) is 11.4 Å². The maximum Gasteiger partial charge on any atom is 0.0841 e. The van der Waals surface area contributed by atoms with E-state index >= 15 is 0 Å². The van der Waals surface area contributed by atoms with Crippen molar-refractivity contribution in [2.75, 3.05) is 26.7 Å². The van der Waals surface area contributed by atoms with Gasteiger partial charge in [-0.2, -0.15) is 0 Å². The van der Waals surface area contributed by atoms with Gasteiger partial charge in [-0.25, -0.2) is 0 Å². The van der Waals surface area contributed by atoms with Crippen LogP contribution in [0.25, 0.3) is 0 Å². The summed E-state index contributed by atoms with van der Waals surface area (Å²) in [6, 6.07) is 0. The monoisotopic (exact) mass is 176 g/mol. The summed E-state index contributed by atoms with van der Waals surface area (Å²) in [6.07, 6.45) is 0.324. The topological polar surface area (TPSA) is 38.5 Å². The normalized spacial score (nSPS) is 33.0. The third-order valence-electron chi connectivity index (χ3n) is 2.22. The van der Waals surface area contributed by atoms with Gasteiger partial charge in [-0.15, -0.1) is 0 Å². The summed E-state index contributed by atoms with van der Waals surface area (Å²) in [5.41, 5.74) is 0. The molecule has 3 nitrogen and oxygen atoms in total. The highest BCUT2D eigenvalue weighted by molar-refractivity contribution is 7.97. The van der Waals surface area contributed by atoms with Crippen molar-refractivity contribution in [1.29, 1.82) is 0 Å². The van der Waals surface area contributed by atoms with Gasteiger partial charge >= 0.3 is 0 Å². The van der Waals surface area contributed by atoms with Crippen molar-refractivity contribution in [3.63, 3.8) is 0 Å². The number of likely N-dealkylation sites (N-methyl/N-ethyl adjacent to an activating group) is 1. The molecule has 1 rings (SSSR count). The van der Waals surface area contributed by atoms with Gasteiger partial charge in [0.05, 0.1) is 11.4 Å². The van der Waals surface area contributed by atoms with Crippen LogP contribution in [0.1, 0.15) is 6.92 Å². The lowest BCUT2D eigenvalue weighted by atomic mass is 10.3. The summed E-state index contributed by atoms with van der Waals surface area (Å²) in [4.78, 5) is 2.36. The lowest BCUT2D eigenvalue weighted by Gasteiger charge is -2.12. The molecule has 0 spiro atoms. The van der Waals surface area contributed by atoms with E-state index in [1.165, 1.54) is 11.9 Å². The molecule has 66 valence electrons. The number of methoxy groups -OCH3 is 1. The van der Waals surface area contributed by atoms with Crippen molar-refractivity contribution in [2.24, 2.45) is 5.14 Å². The Morgan fingerprint density at radius 3 is 2.73 bits per heavy atom. The first-order valence-electron chi connectivity index (χ1n) is 3.92. The summed E-state index contributed by atoms with van der Waals surface area (Å²) >= 11 is 1.42. The average Bonchev–Trinajstić information content (AvgIpc) is 2.46. The Kier molecular flexibility index (Phi) is 3.65. The van der Waals surface area contributed by atoms with Gasteiger partial charge in [0.2, 0.25) is 0 Å². The summed E-state index contributed by atoms with van der Waals surface area (Å²) < 4.78 is 5.30. The molecule has 11 heavy (non-hydrogen) atoms. The molecule has 0 saturated carbocycles. The second kappa shape index (κ2) is 4.30. The zero-order chi connectivity index (χ0) is 8.27. The van der Waals surface area contributed by atoms with Crippen LogP contribution in [0.3, 0.4) is 0 Å². The Labute approximate surface area is 72.4 Å². The fourth-order valence-electron chi connectivity index (χ4n) is 1.43. The van der Waals surface area contributed by atoms with Crippen LogP contribution in [0.2, 0.25) is 0 Å². The highest BCUT2D eigenvalue weighted by atomic mass is 32.2. The largest absolute Gasteiger partial charge is 0.379 e. The molecule has 2 unspecified atom stereocenters. The third-order valence-corrected chi connectivity index (χ3v) is 3.02. The predicted molar refractivity (Wildman–Crippen MR) is 48.5 cm³/mol. The van der Waals surface area contributed by atoms with Crippen molar-refractivity contribution in [3.8, 4) is 0 Å². The Balaban J connectivity index is 2.41. The number of nitrogens with two attached hydrogens (primary N) is 1. The Morgan fingerprint density at radius 2 is 2.36 bits per heavy atom. The first-order chi connectivity index (χ1) is 5.31. The van der Waals surface area contributed by atoms with Gasteiger partial charge in [-0.1, -0.05) is 18.9 Å². The summed E-state index contributed by atoms with van der Waals surface area (Å²) in [7, 11) is 1.76. The SMILES string of the molecule is CCN1CC(OC)C(SN)C1. The van der Waals surface area contributed by atoms with Crippen molar-refractivity contribution >= 4 is 11.9 Å². The van der Waals surface area contributed by atoms with Gasteiger partial charge in [0.25, 0.3) is 0 Å². The first-order valence-corrected chi connectivity index (χ1v) is 4.86. The smallest absolute Gasteiger partial charge is 0.0841 e. The Hall–Kier alpha value is 0.230. The van der Waals surface area contributed by atoms with Crippen molar-refractivity contribution in [3.05, 3.63) is 0 Å². The number of ether oxygens (including phenoxy) is 1. The molecule has 0 aliphatic carbocycles. The van der Waals surface area contributed by atoms with Gasteiger partial charge in [-0.3, -0.25) is 10.0 Å².